The minimum absolute atomic E-state index is 0.0509. The van der Waals surface area contributed by atoms with Crippen LogP contribution in [0.4, 0.5) is 14.5 Å². The quantitative estimate of drug-likeness (QED) is 0.337. The molecule has 2 aromatic heterocycles. The molecule has 2 heterocycles. The third-order valence-corrected chi connectivity index (χ3v) is 6.16. The fraction of sp³-hybridized carbons (Fsp3) is 0.174. The van der Waals surface area contributed by atoms with Crippen molar-refractivity contribution in [1.82, 2.24) is 20.0 Å². The van der Waals surface area contributed by atoms with Crippen molar-refractivity contribution in [2.75, 3.05) is 5.32 Å². The van der Waals surface area contributed by atoms with Gasteiger partial charge in [0.2, 0.25) is 0 Å². The van der Waals surface area contributed by atoms with Crippen molar-refractivity contribution < 1.29 is 18.3 Å². The first-order valence-electron chi connectivity index (χ1n) is 10.0. The third-order valence-electron chi connectivity index (χ3n) is 5.01. The molecular formula is C23H20BrF2N5O2. The number of anilines is 1. The number of halogens is 3. The highest BCUT2D eigenvalue weighted by Gasteiger charge is 2.13. The first-order valence-corrected chi connectivity index (χ1v) is 10.8. The summed E-state index contributed by atoms with van der Waals surface area (Å²) in [7, 11) is 0. The van der Waals surface area contributed by atoms with Crippen LogP contribution < -0.4 is 10.1 Å². The lowest BCUT2D eigenvalue weighted by atomic mass is 10.1. The van der Waals surface area contributed by atoms with Crippen LogP contribution in [0.5, 0.6) is 5.75 Å². The Bertz CT molecular complexity index is 1280. The molecule has 4 aromatic rings. The predicted molar refractivity (Wildman–Crippen MR) is 124 cm³/mol. The van der Waals surface area contributed by atoms with Gasteiger partial charge in [0.1, 0.15) is 11.4 Å². The summed E-state index contributed by atoms with van der Waals surface area (Å²) in [5.41, 5.74) is 5.01. The van der Waals surface area contributed by atoms with Gasteiger partial charge in [-0.1, -0.05) is 12.1 Å². The van der Waals surface area contributed by atoms with Crippen molar-refractivity contribution in [3.63, 3.8) is 0 Å². The van der Waals surface area contributed by atoms with Crippen LogP contribution in [-0.2, 0) is 6.54 Å². The third kappa shape index (κ3) is 5.28. The van der Waals surface area contributed by atoms with Crippen LogP contribution in [0, 0.1) is 13.8 Å². The lowest BCUT2D eigenvalue weighted by molar-refractivity contribution is -0.0498. The molecule has 170 valence electrons. The number of benzene rings is 2. The smallest absolute Gasteiger partial charge is 0.387 e. The van der Waals surface area contributed by atoms with Crippen LogP contribution >= 0.6 is 15.9 Å². The fourth-order valence-corrected chi connectivity index (χ4v) is 3.62. The molecule has 0 spiro atoms. The molecule has 2 N–H and O–H groups in total. The van der Waals surface area contributed by atoms with Gasteiger partial charge in [0.25, 0.3) is 5.91 Å². The Morgan fingerprint density at radius 1 is 1.18 bits per heavy atom. The van der Waals surface area contributed by atoms with E-state index in [1.165, 1.54) is 12.1 Å². The average molecular weight is 516 g/mol. The van der Waals surface area contributed by atoms with Crippen molar-refractivity contribution >= 4 is 27.5 Å². The van der Waals surface area contributed by atoms with E-state index in [1.807, 2.05) is 36.7 Å². The highest BCUT2D eigenvalue weighted by Crippen LogP contribution is 2.24. The van der Waals surface area contributed by atoms with Gasteiger partial charge < -0.3 is 10.1 Å². The van der Waals surface area contributed by atoms with E-state index >= 15 is 0 Å². The first-order chi connectivity index (χ1) is 15.8. The Kier molecular flexibility index (Phi) is 6.55. The van der Waals surface area contributed by atoms with Crippen LogP contribution in [0.1, 0.15) is 27.4 Å². The number of nitrogens with zero attached hydrogens (tertiary/aromatic N) is 3. The normalized spacial score (nSPS) is 11.1. The fourth-order valence-electron chi connectivity index (χ4n) is 3.34. The topological polar surface area (TPSA) is 84.8 Å². The molecule has 33 heavy (non-hydrogen) atoms. The van der Waals surface area contributed by atoms with Gasteiger partial charge in [-0.15, -0.1) is 0 Å². The molecule has 0 fully saturated rings. The number of amides is 1. The Hall–Kier alpha value is -3.53. The molecule has 0 saturated heterocycles. The molecule has 0 aliphatic carbocycles. The minimum atomic E-state index is -2.88. The van der Waals surface area contributed by atoms with E-state index in [-0.39, 0.29) is 17.4 Å². The van der Waals surface area contributed by atoms with Gasteiger partial charge in [0.05, 0.1) is 28.1 Å². The number of alkyl halides is 2. The average Bonchev–Trinajstić information content (AvgIpc) is 3.36. The second kappa shape index (κ2) is 9.53. The maximum absolute atomic E-state index is 12.7. The second-order valence-electron chi connectivity index (χ2n) is 7.37. The van der Waals surface area contributed by atoms with E-state index in [2.05, 4.69) is 41.3 Å². The largest absolute Gasteiger partial charge is 0.435 e. The van der Waals surface area contributed by atoms with E-state index in [1.54, 1.807) is 24.3 Å². The Labute approximate surface area is 196 Å². The number of carbonyl (C=O) groups excluding carboxylic acids is 1. The molecule has 2 aromatic carbocycles. The SMILES string of the molecule is Cc1nn(Cc2cccc(NC(=O)c3cc(-c4ccc(OC(F)F)cc4)n[nH]3)c2)c(C)c1Br. The molecule has 4 rings (SSSR count). The highest BCUT2D eigenvalue weighted by atomic mass is 79.9. The molecular weight excluding hydrogens is 496 g/mol. The first kappa shape index (κ1) is 22.7. The van der Waals surface area contributed by atoms with Crippen molar-refractivity contribution in [2.24, 2.45) is 0 Å². The van der Waals surface area contributed by atoms with Crippen LogP contribution in [-0.4, -0.2) is 32.5 Å². The molecule has 0 radical (unpaired) electrons. The Morgan fingerprint density at radius 2 is 1.94 bits per heavy atom. The van der Waals surface area contributed by atoms with Crippen molar-refractivity contribution in [3.05, 3.63) is 81.7 Å². The Morgan fingerprint density at radius 3 is 2.61 bits per heavy atom. The summed E-state index contributed by atoms with van der Waals surface area (Å²) in [6, 6.07) is 15.1. The number of rotatable bonds is 7. The molecule has 0 atom stereocenters. The summed E-state index contributed by atoms with van der Waals surface area (Å²) in [6.45, 7) is 1.62. The Balaban J connectivity index is 1.44. The van der Waals surface area contributed by atoms with Gasteiger partial charge in [0.15, 0.2) is 0 Å². The molecule has 1 amide bonds. The molecule has 10 heteroatoms. The molecule has 0 aliphatic rings. The number of nitrogens with one attached hydrogen (secondary N) is 2. The number of carbonyl (C=O) groups is 1. The predicted octanol–water partition coefficient (Wildman–Crippen LogP) is 5.55. The molecule has 0 unspecified atom stereocenters. The molecule has 0 bridgehead atoms. The number of aryl methyl sites for hydroxylation is 1. The van der Waals surface area contributed by atoms with Crippen molar-refractivity contribution in [2.45, 2.75) is 27.0 Å². The number of hydrogen-bond donors (Lipinski definition) is 2. The summed E-state index contributed by atoms with van der Waals surface area (Å²) in [4.78, 5) is 12.7. The van der Waals surface area contributed by atoms with Gasteiger partial charge in [-0.2, -0.15) is 19.0 Å². The lowest BCUT2D eigenvalue weighted by Gasteiger charge is -2.08. The summed E-state index contributed by atoms with van der Waals surface area (Å²) >= 11 is 3.53. The van der Waals surface area contributed by atoms with E-state index in [0.717, 1.165) is 21.4 Å². The van der Waals surface area contributed by atoms with Crippen molar-refractivity contribution in [3.8, 4) is 17.0 Å². The van der Waals surface area contributed by atoms with Crippen LogP contribution in [0.2, 0.25) is 0 Å². The van der Waals surface area contributed by atoms with Crippen molar-refractivity contribution in [1.29, 1.82) is 0 Å². The molecule has 0 aliphatic heterocycles. The second-order valence-corrected chi connectivity index (χ2v) is 8.16. The standard InChI is InChI=1S/C23H20BrF2N5O2/c1-13-21(24)14(2)31(30-13)12-15-4-3-5-17(10-15)27-22(32)20-11-19(28-29-20)16-6-8-18(9-7-16)33-23(25)26/h3-11,23H,12H2,1-2H3,(H,27,32)(H,28,29). The number of aromatic amines is 1. The van der Waals surface area contributed by atoms with Gasteiger partial charge in [-0.05, 0) is 77.8 Å². The zero-order chi connectivity index (χ0) is 23.5. The van der Waals surface area contributed by atoms with E-state index in [0.29, 0.717) is 23.5 Å². The van der Waals surface area contributed by atoms with Gasteiger partial charge in [0, 0.05) is 11.3 Å². The van der Waals surface area contributed by atoms with Crippen LogP contribution in [0.25, 0.3) is 11.3 Å². The number of hydrogen-bond acceptors (Lipinski definition) is 4. The summed E-state index contributed by atoms with van der Waals surface area (Å²) in [5.74, 6) is -0.299. The monoisotopic (exact) mass is 515 g/mol. The minimum Gasteiger partial charge on any atom is -0.435 e. The zero-order valence-corrected chi connectivity index (χ0v) is 19.4. The maximum atomic E-state index is 12.7. The summed E-state index contributed by atoms with van der Waals surface area (Å²) in [6.07, 6.45) is 0. The lowest BCUT2D eigenvalue weighted by Crippen LogP contribution is -2.13. The van der Waals surface area contributed by atoms with Crippen LogP contribution in [0.15, 0.2) is 59.1 Å². The van der Waals surface area contributed by atoms with Gasteiger partial charge in [-0.3, -0.25) is 14.6 Å². The van der Waals surface area contributed by atoms with Gasteiger partial charge in [-0.25, -0.2) is 0 Å². The maximum Gasteiger partial charge on any atom is 0.387 e. The molecule has 0 saturated carbocycles. The van der Waals surface area contributed by atoms with Crippen LogP contribution in [0.3, 0.4) is 0 Å². The molecule has 7 nitrogen and oxygen atoms in total. The number of H-pyrrole nitrogens is 1. The highest BCUT2D eigenvalue weighted by molar-refractivity contribution is 9.10. The van der Waals surface area contributed by atoms with E-state index < -0.39 is 6.61 Å². The number of aromatic nitrogens is 4. The van der Waals surface area contributed by atoms with Gasteiger partial charge >= 0.3 is 6.61 Å². The zero-order valence-electron chi connectivity index (χ0n) is 17.8. The summed E-state index contributed by atoms with van der Waals surface area (Å²) < 4.78 is 31.8. The van der Waals surface area contributed by atoms with E-state index in [4.69, 9.17) is 0 Å². The number of ether oxygens (including phenoxy) is 1. The summed E-state index contributed by atoms with van der Waals surface area (Å²) in [5, 5.41) is 14.2. The van der Waals surface area contributed by atoms with E-state index in [9.17, 15) is 13.6 Å².